The van der Waals surface area contributed by atoms with E-state index >= 15 is 0 Å². The number of halogens is 2. The molecule has 0 aromatic heterocycles. The molecule has 0 aliphatic heterocycles. The molecule has 6 heteroatoms. The van der Waals surface area contributed by atoms with Crippen LogP contribution in [0.15, 0.2) is 18.2 Å². The SMILES string of the molecule is C[NH+](C)CCNC(=S)Nc1cccc(Cl)c1Cl. The molecule has 0 radical (unpaired) electrons. The minimum atomic E-state index is 0.483. The van der Waals surface area contributed by atoms with E-state index in [1.807, 2.05) is 12.1 Å². The second-order valence-electron chi connectivity index (χ2n) is 3.94. The number of quaternary nitrogens is 1. The van der Waals surface area contributed by atoms with E-state index in [0.29, 0.717) is 20.8 Å². The number of hydrogen-bond acceptors (Lipinski definition) is 1. The Morgan fingerprint density at radius 2 is 2.06 bits per heavy atom. The van der Waals surface area contributed by atoms with Crippen molar-refractivity contribution in [2.75, 3.05) is 32.5 Å². The summed E-state index contributed by atoms with van der Waals surface area (Å²) in [6, 6.07) is 5.39. The second kappa shape index (κ2) is 7.01. The van der Waals surface area contributed by atoms with Gasteiger partial charge >= 0.3 is 0 Å². The van der Waals surface area contributed by atoms with E-state index in [1.54, 1.807) is 6.07 Å². The molecule has 0 saturated heterocycles. The molecule has 1 aromatic carbocycles. The van der Waals surface area contributed by atoms with Crippen LogP contribution < -0.4 is 15.5 Å². The van der Waals surface area contributed by atoms with Gasteiger partial charge in [0.05, 0.1) is 42.9 Å². The number of benzene rings is 1. The maximum absolute atomic E-state index is 6.04. The Hall–Kier alpha value is -0.550. The van der Waals surface area contributed by atoms with Crippen molar-refractivity contribution in [2.24, 2.45) is 0 Å². The summed E-state index contributed by atoms with van der Waals surface area (Å²) in [5, 5.41) is 7.67. The standard InChI is InChI=1S/C11H15Cl2N3S/c1-16(2)7-6-14-11(17)15-9-5-3-4-8(12)10(9)13/h3-5H,6-7H2,1-2H3,(H2,14,15,17)/p+1. The molecule has 1 rings (SSSR count). The third-order valence-corrected chi connectivity index (χ3v) is 3.18. The monoisotopic (exact) mass is 292 g/mol. The number of anilines is 1. The summed E-state index contributed by atoms with van der Waals surface area (Å²) in [4.78, 5) is 1.36. The maximum Gasteiger partial charge on any atom is 0.171 e. The van der Waals surface area contributed by atoms with Crippen molar-refractivity contribution in [3.63, 3.8) is 0 Å². The van der Waals surface area contributed by atoms with Crippen LogP contribution >= 0.6 is 35.4 Å². The van der Waals surface area contributed by atoms with Crippen LogP contribution in [0.2, 0.25) is 10.0 Å². The number of thiocarbonyl (C=S) groups is 1. The van der Waals surface area contributed by atoms with Crippen LogP contribution in [0.5, 0.6) is 0 Å². The van der Waals surface area contributed by atoms with E-state index in [0.717, 1.165) is 13.1 Å². The largest absolute Gasteiger partial charge is 0.357 e. The van der Waals surface area contributed by atoms with Crippen LogP contribution in [0, 0.1) is 0 Å². The fraction of sp³-hybridized carbons (Fsp3) is 0.364. The maximum atomic E-state index is 6.04. The van der Waals surface area contributed by atoms with E-state index in [-0.39, 0.29) is 0 Å². The molecule has 3 nitrogen and oxygen atoms in total. The van der Waals surface area contributed by atoms with Crippen molar-refractivity contribution in [1.29, 1.82) is 0 Å². The van der Waals surface area contributed by atoms with Crippen LogP contribution in [0.25, 0.3) is 0 Å². The molecule has 94 valence electrons. The zero-order valence-electron chi connectivity index (χ0n) is 9.81. The summed E-state index contributed by atoms with van der Waals surface area (Å²) in [5.74, 6) is 0. The lowest BCUT2D eigenvalue weighted by Crippen LogP contribution is -3.06. The highest BCUT2D eigenvalue weighted by molar-refractivity contribution is 7.80. The van der Waals surface area contributed by atoms with Gasteiger partial charge in [-0.2, -0.15) is 0 Å². The van der Waals surface area contributed by atoms with Crippen molar-refractivity contribution in [1.82, 2.24) is 5.32 Å². The molecule has 1 aromatic rings. The minimum absolute atomic E-state index is 0.483. The topological polar surface area (TPSA) is 28.5 Å². The third kappa shape index (κ3) is 5.08. The quantitative estimate of drug-likeness (QED) is 0.733. The summed E-state index contributed by atoms with van der Waals surface area (Å²) < 4.78 is 0. The first-order valence-electron chi connectivity index (χ1n) is 5.28. The van der Waals surface area contributed by atoms with Gasteiger partial charge in [-0.05, 0) is 24.4 Å². The normalized spacial score (nSPS) is 10.4. The number of hydrogen-bond donors (Lipinski definition) is 3. The van der Waals surface area contributed by atoms with Gasteiger partial charge < -0.3 is 15.5 Å². The predicted molar refractivity (Wildman–Crippen MR) is 78.4 cm³/mol. The first kappa shape index (κ1) is 14.5. The number of nitrogens with one attached hydrogen (secondary N) is 3. The van der Waals surface area contributed by atoms with Crippen LogP contribution in [0.1, 0.15) is 0 Å². The molecule has 0 atom stereocenters. The fourth-order valence-electron chi connectivity index (χ4n) is 1.19. The van der Waals surface area contributed by atoms with Gasteiger partial charge in [-0.1, -0.05) is 29.3 Å². The van der Waals surface area contributed by atoms with Gasteiger partial charge in [-0.25, -0.2) is 0 Å². The molecule has 0 heterocycles. The van der Waals surface area contributed by atoms with Gasteiger partial charge in [0, 0.05) is 0 Å². The highest BCUT2D eigenvalue weighted by Gasteiger charge is 2.05. The average molecular weight is 293 g/mol. The Morgan fingerprint density at radius 1 is 1.35 bits per heavy atom. The lowest BCUT2D eigenvalue weighted by molar-refractivity contribution is -0.856. The zero-order valence-corrected chi connectivity index (χ0v) is 12.1. The van der Waals surface area contributed by atoms with Crippen molar-refractivity contribution >= 4 is 46.2 Å². The highest BCUT2D eigenvalue weighted by atomic mass is 35.5. The summed E-state index contributed by atoms with van der Waals surface area (Å²) in [5.41, 5.74) is 0.717. The molecule has 0 bridgehead atoms. The van der Waals surface area contributed by atoms with Gasteiger partial charge in [-0.3, -0.25) is 0 Å². The Balaban J connectivity index is 2.48. The van der Waals surface area contributed by atoms with Crippen molar-refractivity contribution < 1.29 is 4.90 Å². The molecular weight excluding hydrogens is 277 g/mol. The second-order valence-corrected chi connectivity index (χ2v) is 5.13. The zero-order chi connectivity index (χ0) is 12.8. The average Bonchev–Trinajstić information content (AvgIpc) is 2.24. The van der Waals surface area contributed by atoms with Gasteiger partial charge in [0.25, 0.3) is 0 Å². The van der Waals surface area contributed by atoms with Crippen LogP contribution in [0.3, 0.4) is 0 Å². The summed E-state index contributed by atoms with van der Waals surface area (Å²) >= 11 is 17.1. The number of likely N-dealkylation sites (N-methyl/N-ethyl adjacent to an activating group) is 1. The summed E-state index contributed by atoms with van der Waals surface area (Å²) in [6.07, 6.45) is 0. The summed E-state index contributed by atoms with van der Waals surface area (Å²) in [6.45, 7) is 1.80. The Bertz CT molecular complexity index is 396. The Labute approximate surface area is 117 Å². The van der Waals surface area contributed by atoms with E-state index in [9.17, 15) is 0 Å². The lowest BCUT2D eigenvalue weighted by Gasteiger charge is -2.13. The molecule has 0 aliphatic rings. The highest BCUT2D eigenvalue weighted by Crippen LogP contribution is 2.29. The lowest BCUT2D eigenvalue weighted by atomic mass is 10.3. The third-order valence-electron chi connectivity index (χ3n) is 2.11. The van der Waals surface area contributed by atoms with Gasteiger partial charge in [-0.15, -0.1) is 0 Å². The predicted octanol–water partition coefficient (Wildman–Crippen LogP) is 1.42. The van der Waals surface area contributed by atoms with Crippen molar-refractivity contribution in [3.8, 4) is 0 Å². The van der Waals surface area contributed by atoms with Gasteiger partial charge in [0.1, 0.15) is 0 Å². The van der Waals surface area contributed by atoms with Crippen LogP contribution in [-0.4, -0.2) is 32.3 Å². The van der Waals surface area contributed by atoms with Crippen molar-refractivity contribution in [3.05, 3.63) is 28.2 Å². The van der Waals surface area contributed by atoms with E-state index in [2.05, 4.69) is 24.7 Å². The summed E-state index contributed by atoms with van der Waals surface area (Å²) in [7, 11) is 4.18. The molecule has 0 fully saturated rings. The fourth-order valence-corrected chi connectivity index (χ4v) is 1.75. The van der Waals surface area contributed by atoms with E-state index in [1.165, 1.54) is 4.90 Å². The van der Waals surface area contributed by atoms with E-state index in [4.69, 9.17) is 35.4 Å². The van der Waals surface area contributed by atoms with Crippen molar-refractivity contribution in [2.45, 2.75) is 0 Å². The molecule has 0 saturated carbocycles. The minimum Gasteiger partial charge on any atom is -0.357 e. The Kier molecular flexibility index (Phi) is 5.98. The molecule has 0 unspecified atom stereocenters. The number of rotatable bonds is 4. The van der Waals surface area contributed by atoms with Crippen LogP contribution in [0.4, 0.5) is 5.69 Å². The molecule has 0 spiro atoms. The van der Waals surface area contributed by atoms with Crippen LogP contribution in [-0.2, 0) is 0 Å². The van der Waals surface area contributed by atoms with Gasteiger partial charge in [0.15, 0.2) is 5.11 Å². The molecular formula is C11H16Cl2N3S+. The van der Waals surface area contributed by atoms with E-state index < -0.39 is 0 Å². The van der Waals surface area contributed by atoms with Gasteiger partial charge in [0.2, 0.25) is 0 Å². The molecule has 17 heavy (non-hydrogen) atoms. The first-order chi connectivity index (χ1) is 8.00. The first-order valence-corrected chi connectivity index (χ1v) is 6.45. The molecule has 0 amide bonds. The molecule has 3 N–H and O–H groups in total. The Morgan fingerprint density at radius 3 is 2.71 bits per heavy atom. The smallest absolute Gasteiger partial charge is 0.171 e. The molecule has 0 aliphatic carbocycles.